The zero-order valence-electron chi connectivity index (χ0n) is 19.5. The summed E-state index contributed by atoms with van der Waals surface area (Å²) in [5.74, 6) is -1.31. The Kier molecular flexibility index (Phi) is 7.56. The van der Waals surface area contributed by atoms with Crippen LogP contribution in [0.4, 0.5) is 11.4 Å². The standard InChI is InChI=1S/C26H33ClN4O2/c1-18-8-10-21(16-22(18)27)29-26(33)25(32)28-17-24(31-13-4-3-5-14-31)20-9-11-23-19(15-20)7-6-12-30(23)2/h8-11,15-16,24H,3-7,12-14,17H2,1-2H3,(H,28,32)(H,29,33). The maximum atomic E-state index is 12.6. The van der Waals surface area contributed by atoms with E-state index >= 15 is 0 Å². The molecule has 1 unspecified atom stereocenters. The molecule has 7 heteroatoms. The average Bonchev–Trinajstić information content (AvgIpc) is 2.82. The van der Waals surface area contributed by atoms with Gasteiger partial charge in [-0.15, -0.1) is 0 Å². The van der Waals surface area contributed by atoms with Gasteiger partial charge in [0.25, 0.3) is 0 Å². The first-order valence-electron chi connectivity index (χ1n) is 11.9. The van der Waals surface area contributed by atoms with E-state index in [0.29, 0.717) is 17.3 Å². The second kappa shape index (κ2) is 10.6. The summed E-state index contributed by atoms with van der Waals surface area (Å²) in [6, 6.07) is 11.9. The van der Waals surface area contributed by atoms with Crippen LogP contribution in [0.5, 0.6) is 0 Å². The van der Waals surface area contributed by atoms with Gasteiger partial charge in [0.2, 0.25) is 0 Å². The third kappa shape index (κ3) is 5.68. The van der Waals surface area contributed by atoms with Crippen LogP contribution in [0.3, 0.4) is 0 Å². The number of carbonyl (C=O) groups is 2. The molecule has 2 aliphatic heterocycles. The average molecular weight is 469 g/mol. The molecule has 1 fully saturated rings. The van der Waals surface area contributed by atoms with E-state index in [2.05, 4.69) is 45.7 Å². The molecule has 2 aliphatic rings. The SMILES string of the molecule is Cc1ccc(NC(=O)C(=O)NCC(c2ccc3c(c2)CCCN3C)N2CCCCC2)cc1Cl. The van der Waals surface area contributed by atoms with Gasteiger partial charge in [0.05, 0.1) is 6.04 Å². The summed E-state index contributed by atoms with van der Waals surface area (Å²) < 4.78 is 0. The maximum absolute atomic E-state index is 12.6. The molecule has 6 nitrogen and oxygen atoms in total. The smallest absolute Gasteiger partial charge is 0.313 e. The van der Waals surface area contributed by atoms with Crippen LogP contribution in [0.25, 0.3) is 0 Å². The van der Waals surface area contributed by atoms with Crippen LogP contribution in [-0.4, -0.2) is 49.9 Å². The van der Waals surface area contributed by atoms with Crippen molar-refractivity contribution in [1.29, 1.82) is 0 Å². The lowest BCUT2D eigenvalue weighted by Crippen LogP contribution is -2.43. The van der Waals surface area contributed by atoms with E-state index in [0.717, 1.165) is 50.9 Å². The molecule has 2 heterocycles. The van der Waals surface area contributed by atoms with Crippen LogP contribution in [0.1, 0.15) is 48.4 Å². The summed E-state index contributed by atoms with van der Waals surface area (Å²) in [4.78, 5) is 29.8. The number of amides is 2. The largest absolute Gasteiger partial charge is 0.374 e. The van der Waals surface area contributed by atoms with Crippen molar-refractivity contribution < 1.29 is 9.59 Å². The zero-order valence-corrected chi connectivity index (χ0v) is 20.3. The van der Waals surface area contributed by atoms with E-state index in [1.165, 1.54) is 23.2 Å². The van der Waals surface area contributed by atoms with Crippen LogP contribution in [0.2, 0.25) is 5.02 Å². The lowest BCUT2D eigenvalue weighted by Gasteiger charge is -2.36. The molecule has 0 aliphatic carbocycles. The van der Waals surface area contributed by atoms with E-state index < -0.39 is 11.8 Å². The first-order chi connectivity index (χ1) is 15.9. The van der Waals surface area contributed by atoms with Gasteiger partial charge in [0.15, 0.2) is 0 Å². The van der Waals surface area contributed by atoms with Crippen molar-refractivity contribution >= 4 is 34.8 Å². The predicted molar refractivity (Wildman–Crippen MR) is 134 cm³/mol. The van der Waals surface area contributed by atoms with Gasteiger partial charge in [0.1, 0.15) is 0 Å². The number of nitrogens with zero attached hydrogens (tertiary/aromatic N) is 2. The number of fused-ring (bicyclic) bond motifs is 1. The lowest BCUT2D eigenvalue weighted by atomic mass is 9.95. The summed E-state index contributed by atoms with van der Waals surface area (Å²) in [5.41, 5.74) is 5.29. The first kappa shape index (κ1) is 23.6. The number of hydrogen-bond donors (Lipinski definition) is 2. The number of nitrogens with one attached hydrogen (secondary N) is 2. The van der Waals surface area contributed by atoms with Gasteiger partial charge >= 0.3 is 11.8 Å². The highest BCUT2D eigenvalue weighted by molar-refractivity contribution is 6.39. The Morgan fingerprint density at radius 2 is 1.79 bits per heavy atom. The van der Waals surface area contributed by atoms with Crippen molar-refractivity contribution in [3.63, 3.8) is 0 Å². The molecule has 0 saturated carbocycles. The number of anilines is 2. The minimum Gasteiger partial charge on any atom is -0.374 e. The third-order valence-electron chi connectivity index (χ3n) is 6.76. The molecule has 0 radical (unpaired) electrons. The van der Waals surface area contributed by atoms with Crippen LogP contribution in [0.15, 0.2) is 36.4 Å². The highest BCUT2D eigenvalue weighted by atomic mass is 35.5. The molecule has 2 aromatic carbocycles. The summed E-state index contributed by atoms with van der Waals surface area (Å²) in [5, 5.41) is 6.07. The summed E-state index contributed by atoms with van der Waals surface area (Å²) in [7, 11) is 2.14. The number of benzene rings is 2. The Labute approximate surface area is 201 Å². The van der Waals surface area contributed by atoms with Crippen LogP contribution in [-0.2, 0) is 16.0 Å². The van der Waals surface area contributed by atoms with Crippen molar-refractivity contribution in [3.8, 4) is 0 Å². The number of halogens is 1. The summed E-state index contributed by atoms with van der Waals surface area (Å²) in [6.45, 7) is 5.38. The summed E-state index contributed by atoms with van der Waals surface area (Å²) in [6.07, 6.45) is 5.79. The van der Waals surface area contributed by atoms with Crippen molar-refractivity contribution in [3.05, 3.63) is 58.1 Å². The van der Waals surface area contributed by atoms with Crippen molar-refractivity contribution in [2.24, 2.45) is 0 Å². The van der Waals surface area contributed by atoms with E-state index in [-0.39, 0.29) is 6.04 Å². The van der Waals surface area contributed by atoms with Gasteiger partial charge in [-0.2, -0.15) is 0 Å². The molecule has 2 N–H and O–H groups in total. The van der Waals surface area contributed by atoms with Crippen LogP contribution >= 0.6 is 11.6 Å². The van der Waals surface area contributed by atoms with E-state index in [1.54, 1.807) is 12.1 Å². The molecule has 1 atom stereocenters. The van der Waals surface area contributed by atoms with Crippen molar-refractivity contribution in [2.75, 3.05) is 43.4 Å². The number of piperidine rings is 1. The van der Waals surface area contributed by atoms with E-state index in [4.69, 9.17) is 11.6 Å². The molecule has 2 amide bonds. The van der Waals surface area contributed by atoms with Gasteiger partial charge in [-0.3, -0.25) is 14.5 Å². The fourth-order valence-electron chi connectivity index (χ4n) is 4.83. The maximum Gasteiger partial charge on any atom is 0.313 e. The number of rotatable bonds is 5. The Morgan fingerprint density at radius 1 is 1.00 bits per heavy atom. The lowest BCUT2D eigenvalue weighted by molar-refractivity contribution is -0.136. The molecular formula is C26H33ClN4O2. The molecule has 2 aromatic rings. The molecule has 0 spiro atoms. The quantitative estimate of drug-likeness (QED) is 0.642. The van der Waals surface area contributed by atoms with Gasteiger partial charge in [-0.05, 0) is 80.6 Å². The monoisotopic (exact) mass is 468 g/mol. The summed E-state index contributed by atoms with van der Waals surface area (Å²) >= 11 is 6.13. The van der Waals surface area contributed by atoms with Crippen LogP contribution in [0, 0.1) is 6.92 Å². The molecule has 4 rings (SSSR count). The molecular weight excluding hydrogens is 436 g/mol. The Hall–Kier alpha value is -2.57. The van der Waals surface area contributed by atoms with Crippen LogP contribution < -0.4 is 15.5 Å². The number of carbonyl (C=O) groups excluding carboxylic acids is 2. The number of hydrogen-bond acceptors (Lipinski definition) is 4. The molecule has 1 saturated heterocycles. The van der Waals surface area contributed by atoms with Gasteiger partial charge in [-0.25, -0.2) is 0 Å². The fraction of sp³-hybridized carbons (Fsp3) is 0.462. The number of likely N-dealkylation sites (tertiary alicyclic amines) is 1. The Bertz CT molecular complexity index is 1020. The van der Waals surface area contributed by atoms with Gasteiger partial charge in [-0.1, -0.05) is 36.2 Å². The fourth-order valence-corrected chi connectivity index (χ4v) is 5.01. The van der Waals surface area contributed by atoms with Crippen molar-refractivity contribution in [1.82, 2.24) is 10.2 Å². The molecule has 0 aromatic heterocycles. The second-order valence-corrected chi connectivity index (χ2v) is 9.56. The van der Waals surface area contributed by atoms with Crippen molar-refractivity contribution in [2.45, 2.75) is 45.1 Å². The first-order valence-corrected chi connectivity index (χ1v) is 12.2. The Morgan fingerprint density at radius 3 is 2.55 bits per heavy atom. The zero-order chi connectivity index (χ0) is 23.4. The highest BCUT2D eigenvalue weighted by Crippen LogP contribution is 2.31. The predicted octanol–water partition coefficient (Wildman–Crippen LogP) is 4.31. The second-order valence-electron chi connectivity index (χ2n) is 9.15. The number of aryl methyl sites for hydroxylation is 2. The van der Waals surface area contributed by atoms with E-state index in [1.807, 2.05) is 13.0 Å². The third-order valence-corrected chi connectivity index (χ3v) is 7.17. The molecule has 33 heavy (non-hydrogen) atoms. The van der Waals surface area contributed by atoms with Gasteiger partial charge in [0, 0.05) is 36.5 Å². The van der Waals surface area contributed by atoms with E-state index in [9.17, 15) is 9.59 Å². The minimum absolute atomic E-state index is 0.0494. The minimum atomic E-state index is -0.681. The van der Waals surface area contributed by atoms with Gasteiger partial charge < -0.3 is 15.5 Å². The molecule has 0 bridgehead atoms. The normalized spacial score (nSPS) is 17.2. The Balaban J connectivity index is 1.46. The molecule has 176 valence electrons. The topological polar surface area (TPSA) is 64.7 Å². The highest BCUT2D eigenvalue weighted by Gasteiger charge is 2.26.